The van der Waals surface area contributed by atoms with Gasteiger partial charge in [0.25, 0.3) is 5.91 Å². The predicted molar refractivity (Wildman–Crippen MR) is 101 cm³/mol. The monoisotopic (exact) mass is 411 g/mol. The summed E-state index contributed by atoms with van der Waals surface area (Å²) in [4.78, 5) is 22.1. The second kappa shape index (κ2) is 7.08. The molecule has 132 valence electrons. The minimum atomic E-state index is 0.0242. The minimum absolute atomic E-state index is 0.0242. The van der Waals surface area contributed by atoms with Gasteiger partial charge in [0.1, 0.15) is 11.4 Å². The molecule has 0 bridgehead atoms. The molecule has 2 heterocycles. The van der Waals surface area contributed by atoms with E-state index in [0.29, 0.717) is 23.2 Å². The Bertz CT molecular complexity index is 851. The van der Waals surface area contributed by atoms with Crippen LogP contribution in [-0.4, -0.2) is 35.0 Å². The fraction of sp³-hybridized carbons (Fsp3) is 0.350. The van der Waals surface area contributed by atoms with Crippen molar-refractivity contribution < 1.29 is 9.53 Å². The fourth-order valence-electron chi connectivity index (χ4n) is 4.00. The number of halogens is 1. The quantitative estimate of drug-likeness (QED) is 0.706. The lowest BCUT2D eigenvalue weighted by molar-refractivity contribution is 0.0764. The second-order valence-electron chi connectivity index (χ2n) is 6.88. The summed E-state index contributed by atoms with van der Waals surface area (Å²) in [5, 5.41) is 0. The van der Waals surface area contributed by atoms with Gasteiger partial charge in [0.15, 0.2) is 0 Å². The van der Waals surface area contributed by atoms with E-state index in [0.717, 1.165) is 36.2 Å². The van der Waals surface area contributed by atoms with E-state index in [1.807, 2.05) is 29.2 Å². The van der Waals surface area contributed by atoms with Gasteiger partial charge >= 0.3 is 0 Å². The van der Waals surface area contributed by atoms with Gasteiger partial charge in [0.2, 0.25) is 5.69 Å². The first-order chi connectivity index (χ1) is 12.6. The van der Waals surface area contributed by atoms with Crippen molar-refractivity contribution in [2.24, 2.45) is 11.8 Å². The summed E-state index contributed by atoms with van der Waals surface area (Å²) in [6, 6.07) is 10.9. The maximum absolute atomic E-state index is 12.6. The molecule has 2 aromatic rings. The Morgan fingerprint density at radius 3 is 2.62 bits per heavy atom. The van der Waals surface area contributed by atoms with Gasteiger partial charge in [-0.25, -0.2) is 4.85 Å². The Hall–Kier alpha value is -2.39. The highest BCUT2D eigenvalue weighted by molar-refractivity contribution is 9.10. The van der Waals surface area contributed by atoms with Crippen LogP contribution in [0.3, 0.4) is 0 Å². The van der Waals surface area contributed by atoms with Crippen molar-refractivity contribution in [2.45, 2.75) is 18.9 Å². The van der Waals surface area contributed by atoms with Gasteiger partial charge < -0.3 is 9.64 Å². The number of nitrogens with zero attached hydrogens (tertiary/aromatic N) is 3. The molecule has 0 N–H and O–H groups in total. The number of carbonyl (C=O) groups excluding carboxylic acids is 1. The zero-order valence-corrected chi connectivity index (χ0v) is 15.7. The van der Waals surface area contributed by atoms with Crippen molar-refractivity contribution in [1.29, 1.82) is 0 Å². The Morgan fingerprint density at radius 2 is 2.00 bits per heavy atom. The molecular formula is C20H18BrN3O2. The van der Waals surface area contributed by atoms with Gasteiger partial charge in [0, 0.05) is 23.8 Å². The molecule has 4 rings (SSSR count). The van der Waals surface area contributed by atoms with Crippen LogP contribution in [-0.2, 0) is 0 Å². The Kier molecular flexibility index (Phi) is 4.64. The zero-order valence-electron chi connectivity index (χ0n) is 14.1. The number of likely N-dealkylation sites (tertiary alicyclic amines) is 1. The zero-order chi connectivity index (χ0) is 18.1. The Morgan fingerprint density at radius 1 is 1.23 bits per heavy atom. The first kappa shape index (κ1) is 17.0. The molecule has 1 aliphatic heterocycles. The summed E-state index contributed by atoms with van der Waals surface area (Å²) in [6.07, 6.45) is 3.74. The number of fused-ring (bicyclic) bond motifs is 1. The van der Waals surface area contributed by atoms with E-state index < -0.39 is 0 Å². The van der Waals surface area contributed by atoms with E-state index in [9.17, 15) is 4.79 Å². The SMILES string of the molecule is [C-]#[N+]c1ccc(OC2CC3CN(C(=O)c4ccccn4)CC3C2)cc1Br. The van der Waals surface area contributed by atoms with Crippen molar-refractivity contribution in [1.82, 2.24) is 9.88 Å². The molecule has 6 heteroatoms. The molecule has 2 aliphatic rings. The summed E-state index contributed by atoms with van der Waals surface area (Å²) in [5.41, 5.74) is 1.11. The molecule has 0 radical (unpaired) electrons. The molecule has 1 amide bonds. The highest BCUT2D eigenvalue weighted by Gasteiger charge is 2.43. The molecule has 1 saturated heterocycles. The Balaban J connectivity index is 1.36. The number of carbonyl (C=O) groups is 1. The predicted octanol–water partition coefficient (Wildman–Crippen LogP) is 4.32. The number of pyridine rings is 1. The van der Waals surface area contributed by atoms with E-state index in [2.05, 4.69) is 25.8 Å². The van der Waals surface area contributed by atoms with E-state index in [4.69, 9.17) is 11.3 Å². The van der Waals surface area contributed by atoms with Gasteiger partial charge in [-0.1, -0.05) is 28.1 Å². The molecule has 1 aliphatic carbocycles. The van der Waals surface area contributed by atoms with E-state index in [1.165, 1.54) is 0 Å². The van der Waals surface area contributed by atoms with Crippen molar-refractivity contribution in [2.75, 3.05) is 13.1 Å². The minimum Gasteiger partial charge on any atom is -0.490 e. The number of amides is 1. The van der Waals surface area contributed by atoms with Crippen LogP contribution in [0, 0.1) is 18.4 Å². The summed E-state index contributed by atoms with van der Waals surface area (Å²) in [5.74, 6) is 1.78. The van der Waals surface area contributed by atoms with Crippen LogP contribution in [0.1, 0.15) is 23.3 Å². The van der Waals surface area contributed by atoms with Crippen molar-refractivity contribution in [3.8, 4) is 5.75 Å². The molecule has 1 aromatic carbocycles. The van der Waals surface area contributed by atoms with Crippen LogP contribution >= 0.6 is 15.9 Å². The van der Waals surface area contributed by atoms with E-state index >= 15 is 0 Å². The highest BCUT2D eigenvalue weighted by Crippen LogP contribution is 2.40. The van der Waals surface area contributed by atoms with Crippen LogP contribution in [0.15, 0.2) is 47.1 Å². The number of hydrogen-bond donors (Lipinski definition) is 0. The molecule has 26 heavy (non-hydrogen) atoms. The Labute approximate surface area is 160 Å². The molecule has 2 fully saturated rings. The van der Waals surface area contributed by atoms with Gasteiger partial charge in [-0.3, -0.25) is 9.78 Å². The standard InChI is InChI=1S/C20H18BrN3O2/c1-22-18-6-5-15(10-17(18)21)26-16-8-13-11-24(12-14(13)9-16)20(25)19-4-2-3-7-23-19/h2-7,10,13-14,16H,8-9,11-12H2. The summed E-state index contributed by atoms with van der Waals surface area (Å²) < 4.78 is 6.88. The molecule has 0 spiro atoms. The normalized spacial score (nSPS) is 24.2. The topological polar surface area (TPSA) is 46.8 Å². The first-order valence-corrected chi connectivity index (χ1v) is 9.47. The largest absolute Gasteiger partial charge is 0.490 e. The van der Waals surface area contributed by atoms with Gasteiger partial charge in [-0.15, -0.1) is 0 Å². The summed E-state index contributed by atoms with van der Waals surface area (Å²) >= 11 is 3.41. The van der Waals surface area contributed by atoms with E-state index in [1.54, 1.807) is 18.3 Å². The molecular weight excluding hydrogens is 394 g/mol. The first-order valence-electron chi connectivity index (χ1n) is 8.68. The van der Waals surface area contributed by atoms with Crippen LogP contribution in [0.2, 0.25) is 0 Å². The van der Waals surface area contributed by atoms with Crippen LogP contribution in [0.4, 0.5) is 5.69 Å². The number of hydrogen-bond acceptors (Lipinski definition) is 3. The average molecular weight is 412 g/mol. The van der Waals surface area contributed by atoms with Gasteiger partial charge in [0.05, 0.1) is 12.7 Å². The number of ether oxygens (including phenoxy) is 1. The summed E-state index contributed by atoms with van der Waals surface area (Å²) in [6.45, 7) is 8.65. The maximum Gasteiger partial charge on any atom is 0.272 e. The molecule has 1 aromatic heterocycles. The van der Waals surface area contributed by atoms with E-state index in [-0.39, 0.29) is 12.0 Å². The van der Waals surface area contributed by atoms with Crippen LogP contribution < -0.4 is 4.74 Å². The second-order valence-corrected chi connectivity index (χ2v) is 7.74. The van der Waals surface area contributed by atoms with Crippen molar-refractivity contribution in [3.63, 3.8) is 0 Å². The lowest BCUT2D eigenvalue weighted by atomic mass is 10.0. The molecule has 2 unspecified atom stereocenters. The fourth-order valence-corrected chi connectivity index (χ4v) is 4.45. The third-order valence-corrected chi connectivity index (χ3v) is 5.86. The molecule has 1 saturated carbocycles. The summed E-state index contributed by atoms with van der Waals surface area (Å²) in [7, 11) is 0. The highest BCUT2D eigenvalue weighted by atomic mass is 79.9. The third-order valence-electron chi connectivity index (χ3n) is 5.22. The lowest BCUT2D eigenvalue weighted by Crippen LogP contribution is -2.31. The van der Waals surface area contributed by atoms with Gasteiger partial charge in [-0.05, 0) is 48.9 Å². The van der Waals surface area contributed by atoms with Crippen molar-refractivity contribution >= 4 is 27.5 Å². The number of benzene rings is 1. The number of aromatic nitrogens is 1. The lowest BCUT2D eigenvalue weighted by Gasteiger charge is -2.20. The van der Waals surface area contributed by atoms with Gasteiger partial charge in [-0.2, -0.15) is 0 Å². The van der Waals surface area contributed by atoms with Crippen LogP contribution in [0.5, 0.6) is 5.75 Å². The maximum atomic E-state index is 12.6. The molecule has 5 nitrogen and oxygen atoms in total. The van der Waals surface area contributed by atoms with Crippen molar-refractivity contribution in [3.05, 3.63) is 64.2 Å². The smallest absolute Gasteiger partial charge is 0.272 e. The van der Waals surface area contributed by atoms with Crippen LogP contribution in [0.25, 0.3) is 4.85 Å². The number of rotatable bonds is 3. The average Bonchev–Trinajstić information content (AvgIpc) is 3.20. The third kappa shape index (κ3) is 3.32. The molecule has 2 atom stereocenters.